The number of amides is 1. The molecule has 0 atom stereocenters. The van der Waals surface area contributed by atoms with Gasteiger partial charge >= 0.3 is 5.97 Å². The van der Waals surface area contributed by atoms with Gasteiger partial charge in [-0.05, 0) is 42.4 Å². The number of aromatic nitrogens is 1. The van der Waals surface area contributed by atoms with Crippen molar-refractivity contribution in [2.45, 2.75) is 79.3 Å². The summed E-state index contributed by atoms with van der Waals surface area (Å²) in [6, 6.07) is 4.13. The zero-order valence-corrected chi connectivity index (χ0v) is 23.3. The fourth-order valence-electron chi connectivity index (χ4n) is 3.95. The molecule has 0 N–H and O–H groups in total. The second-order valence-corrected chi connectivity index (χ2v) is 21.0. The summed E-state index contributed by atoms with van der Waals surface area (Å²) in [5.74, 6) is -0.00837. The molecule has 172 valence electrons. The average molecular weight is 461 g/mol. The Hall–Kier alpha value is -1.87. The standard InChI is InChI=1S/C24H40N2O3Si2/c1-12-25(13-2)23(28)19-16-20-18(14-15-26(20)31(10,11)24(4,5)6)22(30(7,8)9)21(19)29-17(3)27/h14-16H,12-13H2,1-11H3. The van der Waals surface area contributed by atoms with Gasteiger partial charge in [0.25, 0.3) is 5.91 Å². The lowest BCUT2D eigenvalue weighted by Crippen LogP contribution is -2.45. The van der Waals surface area contributed by atoms with Gasteiger partial charge < -0.3 is 13.9 Å². The summed E-state index contributed by atoms with van der Waals surface area (Å²) in [4.78, 5) is 27.4. The van der Waals surface area contributed by atoms with E-state index in [0.29, 0.717) is 24.4 Å². The van der Waals surface area contributed by atoms with Crippen LogP contribution in [0.2, 0.25) is 37.8 Å². The zero-order chi connectivity index (χ0) is 23.9. The highest BCUT2D eigenvalue weighted by atomic mass is 28.3. The highest BCUT2D eigenvalue weighted by Gasteiger charge is 2.39. The largest absolute Gasteiger partial charge is 0.426 e. The van der Waals surface area contributed by atoms with E-state index in [9.17, 15) is 9.59 Å². The van der Waals surface area contributed by atoms with Crippen LogP contribution in [0.25, 0.3) is 10.9 Å². The lowest BCUT2D eigenvalue weighted by Gasteiger charge is -2.39. The van der Waals surface area contributed by atoms with E-state index in [1.807, 2.05) is 19.9 Å². The molecule has 0 fully saturated rings. The molecule has 0 aliphatic rings. The molecule has 0 bridgehead atoms. The van der Waals surface area contributed by atoms with E-state index in [4.69, 9.17) is 4.74 Å². The first-order valence-electron chi connectivity index (χ1n) is 11.2. The van der Waals surface area contributed by atoms with E-state index < -0.39 is 22.3 Å². The average Bonchev–Trinajstić information content (AvgIpc) is 3.03. The Bertz CT molecular complexity index is 991. The molecular formula is C24H40N2O3Si2. The highest BCUT2D eigenvalue weighted by Crippen LogP contribution is 2.40. The van der Waals surface area contributed by atoms with Crippen molar-refractivity contribution in [3.8, 4) is 5.75 Å². The van der Waals surface area contributed by atoms with Gasteiger partial charge in [0.1, 0.15) is 5.75 Å². The third-order valence-corrected chi connectivity index (χ3v) is 13.9. The molecule has 0 radical (unpaired) electrons. The van der Waals surface area contributed by atoms with Crippen molar-refractivity contribution in [1.82, 2.24) is 9.13 Å². The summed E-state index contributed by atoms with van der Waals surface area (Å²) in [6.07, 6.45) is 2.18. The van der Waals surface area contributed by atoms with Crippen molar-refractivity contribution in [3.63, 3.8) is 0 Å². The predicted molar refractivity (Wildman–Crippen MR) is 136 cm³/mol. The van der Waals surface area contributed by atoms with Crippen molar-refractivity contribution in [1.29, 1.82) is 0 Å². The van der Waals surface area contributed by atoms with Gasteiger partial charge in [0, 0.05) is 30.9 Å². The number of carbonyl (C=O) groups excluding carboxylic acids is 2. The molecule has 1 aromatic carbocycles. The van der Waals surface area contributed by atoms with Crippen LogP contribution in [0.1, 0.15) is 51.9 Å². The van der Waals surface area contributed by atoms with Crippen molar-refractivity contribution >= 4 is 44.3 Å². The van der Waals surface area contributed by atoms with Crippen LogP contribution < -0.4 is 9.92 Å². The van der Waals surface area contributed by atoms with Gasteiger partial charge in [0.15, 0.2) is 8.24 Å². The second-order valence-electron chi connectivity index (χ2n) is 10.9. The molecule has 2 aromatic rings. The fraction of sp³-hybridized carbons (Fsp3) is 0.583. The van der Waals surface area contributed by atoms with Gasteiger partial charge in [0.05, 0.1) is 13.6 Å². The Balaban J connectivity index is 3.04. The molecule has 1 heterocycles. The third kappa shape index (κ3) is 4.67. The number of hydrogen-bond acceptors (Lipinski definition) is 3. The van der Waals surface area contributed by atoms with E-state index in [2.05, 4.69) is 70.0 Å². The number of esters is 1. The molecule has 0 unspecified atom stereocenters. The van der Waals surface area contributed by atoms with Crippen LogP contribution in [0, 0.1) is 0 Å². The Morgan fingerprint density at radius 2 is 1.61 bits per heavy atom. The van der Waals surface area contributed by atoms with Crippen molar-refractivity contribution in [2.24, 2.45) is 0 Å². The zero-order valence-electron chi connectivity index (χ0n) is 21.3. The maximum Gasteiger partial charge on any atom is 0.308 e. The van der Waals surface area contributed by atoms with E-state index >= 15 is 0 Å². The van der Waals surface area contributed by atoms with Gasteiger partial charge in [-0.3, -0.25) is 9.59 Å². The lowest BCUT2D eigenvalue weighted by atomic mass is 10.1. The summed E-state index contributed by atoms with van der Waals surface area (Å²) in [6.45, 7) is 24.9. The Labute approximate surface area is 189 Å². The normalized spacial score (nSPS) is 12.9. The quantitative estimate of drug-likeness (QED) is 0.327. The second kappa shape index (κ2) is 8.58. The predicted octanol–water partition coefficient (Wildman–Crippen LogP) is 5.45. The van der Waals surface area contributed by atoms with Crippen molar-refractivity contribution in [3.05, 3.63) is 23.9 Å². The van der Waals surface area contributed by atoms with Crippen molar-refractivity contribution < 1.29 is 14.3 Å². The highest BCUT2D eigenvalue weighted by molar-refractivity contribution is 6.91. The lowest BCUT2D eigenvalue weighted by molar-refractivity contribution is -0.131. The number of ether oxygens (including phenoxy) is 1. The summed E-state index contributed by atoms with van der Waals surface area (Å²) in [7, 11) is -3.91. The van der Waals surface area contributed by atoms with Crippen LogP contribution in [0.5, 0.6) is 5.75 Å². The van der Waals surface area contributed by atoms with Crippen LogP contribution in [0.15, 0.2) is 18.3 Å². The van der Waals surface area contributed by atoms with Crippen LogP contribution in [-0.4, -0.2) is 50.4 Å². The van der Waals surface area contributed by atoms with Gasteiger partial charge in [-0.25, -0.2) is 0 Å². The Kier molecular flexibility index (Phi) is 7.03. The molecule has 31 heavy (non-hydrogen) atoms. The first-order valence-corrected chi connectivity index (χ1v) is 17.7. The molecule has 1 aromatic heterocycles. The molecule has 1 amide bonds. The number of benzene rings is 1. The number of rotatable bonds is 6. The summed E-state index contributed by atoms with van der Waals surface area (Å²) >= 11 is 0. The maximum atomic E-state index is 13.6. The molecule has 0 saturated carbocycles. The Morgan fingerprint density at radius 3 is 2.03 bits per heavy atom. The summed E-state index contributed by atoms with van der Waals surface area (Å²) < 4.78 is 8.20. The van der Waals surface area contributed by atoms with E-state index in [1.165, 1.54) is 6.92 Å². The number of fused-ring (bicyclic) bond motifs is 1. The van der Waals surface area contributed by atoms with Crippen LogP contribution in [0.3, 0.4) is 0 Å². The molecule has 0 saturated heterocycles. The molecule has 7 heteroatoms. The third-order valence-electron chi connectivity index (χ3n) is 6.66. The van der Waals surface area contributed by atoms with Crippen molar-refractivity contribution in [2.75, 3.05) is 13.1 Å². The molecule has 5 nitrogen and oxygen atoms in total. The van der Waals surface area contributed by atoms with E-state index in [-0.39, 0.29) is 10.9 Å². The van der Waals surface area contributed by atoms with Gasteiger partial charge in [-0.15, -0.1) is 0 Å². The van der Waals surface area contributed by atoms with Gasteiger partial charge in [-0.1, -0.05) is 53.5 Å². The summed E-state index contributed by atoms with van der Waals surface area (Å²) in [5, 5.41) is 2.29. The number of nitrogens with zero attached hydrogens (tertiary/aromatic N) is 2. The first-order chi connectivity index (χ1) is 14.1. The van der Waals surface area contributed by atoms with E-state index in [0.717, 1.165) is 16.1 Å². The molecule has 0 aliphatic carbocycles. The number of carbonyl (C=O) groups is 2. The van der Waals surface area contributed by atoms with Crippen LogP contribution in [0.4, 0.5) is 0 Å². The molecular weight excluding hydrogens is 420 g/mol. The monoisotopic (exact) mass is 460 g/mol. The fourth-order valence-corrected chi connectivity index (χ4v) is 7.79. The molecule has 0 aliphatic heterocycles. The Morgan fingerprint density at radius 1 is 1.06 bits per heavy atom. The van der Waals surface area contributed by atoms with Crippen LogP contribution in [-0.2, 0) is 4.79 Å². The topological polar surface area (TPSA) is 51.5 Å². The smallest absolute Gasteiger partial charge is 0.308 e. The minimum atomic E-state index is -1.98. The maximum absolute atomic E-state index is 13.6. The first kappa shape index (κ1) is 25.4. The van der Waals surface area contributed by atoms with Gasteiger partial charge in [0.2, 0.25) is 0 Å². The molecule has 0 spiro atoms. The van der Waals surface area contributed by atoms with Crippen LogP contribution >= 0.6 is 0 Å². The molecule has 2 rings (SSSR count). The minimum Gasteiger partial charge on any atom is -0.426 e. The minimum absolute atomic E-state index is 0.0781. The summed E-state index contributed by atoms with van der Waals surface area (Å²) in [5.41, 5.74) is 1.58. The SMILES string of the molecule is CCN(CC)C(=O)c1cc2c(ccn2[Si](C)(C)C(C)(C)C)c([Si](C)(C)C)c1OC(C)=O. The van der Waals surface area contributed by atoms with E-state index in [1.54, 1.807) is 4.90 Å². The van der Waals surface area contributed by atoms with Gasteiger partial charge in [-0.2, -0.15) is 0 Å². The number of hydrogen-bond donors (Lipinski definition) is 0.